The number of benzene rings is 2. The van der Waals surface area contributed by atoms with Crippen LogP contribution in [0.2, 0.25) is 0 Å². The maximum Gasteiger partial charge on any atom is 0.325 e. The second-order valence-corrected chi connectivity index (χ2v) is 6.70. The molecule has 0 unspecified atom stereocenters. The standard InChI is InChI=1S/C20H20N4O6/c1-30-18(25)11-21-19(26)12-3-2-4-15(9-12)23-20(27)13-5-8-16(22-14-6-7-14)17(10-13)24(28)29/h2-5,8-10,14,22H,6-7,11H2,1H3,(H,21,26)(H,23,27). The fourth-order valence-corrected chi connectivity index (χ4v) is 2.66. The van der Waals surface area contributed by atoms with E-state index < -0.39 is 22.7 Å². The van der Waals surface area contributed by atoms with Crippen LogP contribution in [0.4, 0.5) is 17.1 Å². The quantitative estimate of drug-likeness (QED) is 0.343. The van der Waals surface area contributed by atoms with Gasteiger partial charge in [0.25, 0.3) is 17.5 Å². The monoisotopic (exact) mass is 412 g/mol. The molecule has 0 heterocycles. The molecular formula is C20H20N4O6. The van der Waals surface area contributed by atoms with Gasteiger partial charge >= 0.3 is 5.97 Å². The molecule has 3 N–H and O–H groups in total. The van der Waals surface area contributed by atoms with Crippen molar-refractivity contribution in [2.75, 3.05) is 24.3 Å². The first-order valence-corrected chi connectivity index (χ1v) is 9.19. The largest absolute Gasteiger partial charge is 0.468 e. The Labute approximate surface area is 171 Å². The Balaban J connectivity index is 1.71. The van der Waals surface area contributed by atoms with Gasteiger partial charge in [0.1, 0.15) is 12.2 Å². The van der Waals surface area contributed by atoms with Gasteiger partial charge in [0.2, 0.25) is 0 Å². The number of amides is 2. The topological polar surface area (TPSA) is 140 Å². The van der Waals surface area contributed by atoms with E-state index in [1.54, 1.807) is 12.1 Å². The van der Waals surface area contributed by atoms with Crippen LogP contribution in [0.25, 0.3) is 0 Å². The smallest absolute Gasteiger partial charge is 0.325 e. The van der Waals surface area contributed by atoms with Gasteiger partial charge in [-0.05, 0) is 43.2 Å². The first-order valence-electron chi connectivity index (χ1n) is 9.19. The third-order valence-electron chi connectivity index (χ3n) is 4.40. The fourth-order valence-electron chi connectivity index (χ4n) is 2.66. The number of hydrogen-bond donors (Lipinski definition) is 3. The maximum atomic E-state index is 12.6. The van der Waals surface area contributed by atoms with Crippen LogP contribution in [0.3, 0.4) is 0 Å². The van der Waals surface area contributed by atoms with E-state index in [-0.39, 0.29) is 29.4 Å². The highest BCUT2D eigenvalue weighted by atomic mass is 16.6. The number of anilines is 2. The van der Waals surface area contributed by atoms with E-state index in [0.717, 1.165) is 12.8 Å². The molecule has 1 saturated carbocycles. The maximum absolute atomic E-state index is 12.6. The zero-order valence-electron chi connectivity index (χ0n) is 16.1. The number of nitro benzene ring substituents is 1. The van der Waals surface area contributed by atoms with E-state index in [1.807, 2.05) is 0 Å². The minimum absolute atomic E-state index is 0.114. The Morgan fingerprint density at radius 1 is 1.10 bits per heavy atom. The Morgan fingerprint density at radius 3 is 2.50 bits per heavy atom. The summed E-state index contributed by atoms with van der Waals surface area (Å²) in [4.78, 5) is 46.6. The molecule has 1 aliphatic carbocycles. The van der Waals surface area contributed by atoms with Crippen LogP contribution in [-0.4, -0.2) is 42.4 Å². The lowest BCUT2D eigenvalue weighted by Crippen LogP contribution is -2.30. The number of hydrogen-bond acceptors (Lipinski definition) is 7. The van der Waals surface area contributed by atoms with Crippen LogP contribution >= 0.6 is 0 Å². The highest BCUT2D eigenvalue weighted by Gasteiger charge is 2.25. The molecule has 0 atom stereocenters. The second-order valence-electron chi connectivity index (χ2n) is 6.70. The van der Waals surface area contributed by atoms with Crippen LogP contribution < -0.4 is 16.0 Å². The van der Waals surface area contributed by atoms with Gasteiger partial charge in [0, 0.05) is 28.9 Å². The van der Waals surface area contributed by atoms with E-state index >= 15 is 0 Å². The molecule has 0 saturated heterocycles. The lowest BCUT2D eigenvalue weighted by Gasteiger charge is -2.10. The molecule has 30 heavy (non-hydrogen) atoms. The molecule has 2 amide bonds. The number of nitro groups is 1. The van der Waals surface area contributed by atoms with Crippen LogP contribution in [-0.2, 0) is 9.53 Å². The summed E-state index contributed by atoms with van der Waals surface area (Å²) < 4.78 is 4.46. The predicted molar refractivity (Wildman–Crippen MR) is 108 cm³/mol. The van der Waals surface area contributed by atoms with Crippen LogP contribution in [0, 0.1) is 10.1 Å². The Kier molecular flexibility index (Phi) is 6.26. The van der Waals surface area contributed by atoms with Gasteiger partial charge in [-0.15, -0.1) is 0 Å². The summed E-state index contributed by atoms with van der Waals surface area (Å²) >= 11 is 0. The van der Waals surface area contributed by atoms with E-state index in [1.165, 1.54) is 37.4 Å². The summed E-state index contributed by atoms with van der Waals surface area (Å²) in [5.41, 5.74) is 0.873. The van der Waals surface area contributed by atoms with Crippen LogP contribution in [0.15, 0.2) is 42.5 Å². The molecule has 0 aromatic heterocycles. The number of nitrogens with zero attached hydrogens (tertiary/aromatic N) is 1. The molecule has 2 aromatic carbocycles. The van der Waals surface area contributed by atoms with Crippen molar-refractivity contribution in [3.8, 4) is 0 Å². The zero-order chi connectivity index (χ0) is 21.7. The van der Waals surface area contributed by atoms with Crippen LogP contribution in [0.5, 0.6) is 0 Å². The van der Waals surface area contributed by atoms with Crippen molar-refractivity contribution in [3.05, 3.63) is 63.7 Å². The SMILES string of the molecule is COC(=O)CNC(=O)c1cccc(NC(=O)c2ccc(NC3CC3)c([N+](=O)[O-])c2)c1. The summed E-state index contributed by atoms with van der Waals surface area (Å²) in [5.74, 6) is -1.65. The van der Waals surface area contributed by atoms with E-state index in [4.69, 9.17) is 0 Å². The number of carbonyl (C=O) groups excluding carboxylic acids is 3. The van der Waals surface area contributed by atoms with Crippen molar-refractivity contribution in [2.45, 2.75) is 18.9 Å². The van der Waals surface area contributed by atoms with Gasteiger partial charge in [-0.2, -0.15) is 0 Å². The molecule has 10 heteroatoms. The molecule has 1 fully saturated rings. The van der Waals surface area contributed by atoms with E-state index in [2.05, 4.69) is 20.7 Å². The molecule has 10 nitrogen and oxygen atoms in total. The van der Waals surface area contributed by atoms with Gasteiger partial charge in [-0.1, -0.05) is 6.07 Å². The Hall–Kier alpha value is -3.95. The fraction of sp³-hybridized carbons (Fsp3) is 0.250. The summed E-state index contributed by atoms with van der Waals surface area (Å²) in [6.45, 7) is -0.281. The number of carbonyl (C=O) groups is 3. The average molecular weight is 412 g/mol. The highest BCUT2D eigenvalue weighted by molar-refractivity contribution is 6.06. The van der Waals surface area contributed by atoms with Crippen molar-refractivity contribution >= 4 is 34.8 Å². The van der Waals surface area contributed by atoms with Gasteiger partial charge in [-0.25, -0.2) is 0 Å². The summed E-state index contributed by atoms with van der Waals surface area (Å²) in [6.07, 6.45) is 1.92. The van der Waals surface area contributed by atoms with Crippen molar-refractivity contribution in [2.24, 2.45) is 0 Å². The molecule has 0 radical (unpaired) electrons. The molecule has 0 spiro atoms. The molecule has 1 aliphatic rings. The van der Waals surface area contributed by atoms with Crippen molar-refractivity contribution in [1.29, 1.82) is 0 Å². The first kappa shape index (κ1) is 20.8. The van der Waals surface area contributed by atoms with Crippen molar-refractivity contribution in [1.82, 2.24) is 5.32 Å². The number of ether oxygens (including phenoxy) is 1. The highest BCUT2D eigenvalue weighted by Crippen LogP contribution is 2.31. The minimum Gasteiger partial charge on any atom is -0.468 e. The molecule has 0 bridgehead atoms. The van der Waals surface area contributed by atoms with Gasteiger partial charge in [0.15, 0.2) is 0 Å². The average Bonchev–Trinajstić information content (AvgIpc) is 3.56. The Morgan fingerprint density at radius 2 is 1.83 bits per heavy atom. The van der Waals surface area contributed by atoms with Gasteiger partial charge in [-0.3, -0.25) is 24.5 Å². The Bertz CT molecular complexity index is 1000. The van der Waals surface area contributed by atoms with E-state index in [9.17, 15) is 24.5 Å². The van der Waals surface area contributed by atoms with Crippen LogP contribution in [0.1, 0.15) is 33.6 Å². The molecule has 156 valence electrons. The van der Waals surface area contributed by atoms with Crippen molar-refractivity contribution in [3.63, 3.8) is 0 Å². The molecule has 0 aliphatic heterocycles. The lowest BCUT2D eigenvalue weighted by molar-refractivity contribution is -0.384. The number of nitrogens with one attached hydrogen (secondary N) is 3. The first-order chi connectivity index (χ1) is 14.4. The van der Waals surface area contributed by atoms with Crippen molar-refractivity contribution < 1.29 is 24.0 Å². The number of esters is 1. The van der Waals surface area contributed by atoms with E-state index in [0.29, 0.717) is 11.4 Å². The minimum atomic E-state index is -0.589. The summed E-state index contributed by atoms with van der Waals surface area (Å²) in [5, 5.41) is 19.5. The lowest BCUT2D eigenvalue weighted by atomic mass is 10.1. The molecular weight excluding hydrogens is 392 g/mol. The number of rotatable bonds is 8. The normalized spacial score (nSPS) is 12.6. The van der Waals surface area contributed by atoms with Gasteiger partial charge in [0.05, 0.1) is 12.0 Å². The van der Waals surface area contributed by atoms with Gasteiger partial charge < -0.3 is 20.7 Å². The summed E-state index contributed by atoms with van der Waals surface area (Å²) in [6, 6.07) is 10.6. The zero-order valence-corrected chi connectivity index (χ0v) is 16.1. The molecule has 3 rings (SSSR count). The summed E-state index contributed by atoms with van der Waals surface area (Å²) in [7, 11) is 1.21. The second kappa shape index (κ2) is 9.03. The molecule has 2 aromatic rings. The third kappa shape index (κ3) is 5.31. The predicted octanol–water partition coefficient (Wildman–Crippen LogP) is 2.32. The number of methoxy groups -OCH3 is 1. The third-order valence-corrected chi connectivity index (χ3v) is 4.40.